The first-order valence-electron chi connectivity index (χ1n) is 5.69. The number of carbonyl (C=O) groups excluding carboxylic acids is 1. The first-order valence-corrected chi connectivity index (χ1v) is 6.81. The lowest BCUT2D eigenvalue weighted by molar-refractivity contribution is -0.136. The van der Waals surface area contributed by atoms with Gasteiger partial charge in [0.05, 0.1) is 6.54 Å². The van der Waals surface area contributed by atoms with E-state index in [4.69, 9.17) is 0 Å². The quantitative estimate of drug-likeness (QED) is 0.712. The predicted octanol–water partition coefficient (Wildman–Crippen LogP) is 1.57. The van der Waals surface area contributed by atoms with E-state index >= 15 is 0 Å². The van der Waals surface area contributed by atoms with E-state index in [-0.39, 0.29) is 0 Å². The van der Waals surface area contributed by atoms with Crippen molar-refractivity contribution in [2.75, 3.05) is 38.1 Å². The van der Waals surface area contributed by atoms with Crippen molar-refractivity contribution in [1.82, 2.24) is 9.80 Å². The van der Waals surface area contributed by atoms with Gasteiger partial charge in [-0.3, -0.25) is 9.69 Å². The Balaban J connectivity index is 2.31. The Hall–Kier alpha value is -0.0900. The van der Waals surface area contributed by atoms with Crippen LogP contribution >= 0.6 is 15.9 Å². The minimum atomic E-state index is 0.294. The van der Waals surface area contributed by atoms with Crippen LogP contribution in [0.4, 0.5) is 0 Å². The molecule has 1 saturated heterocycles. The zero-order chi connectivity index (χ0) is 11.3. The van der Waals surface area contributed by atoms with E-state index in [9.17, 15) is 4.79 Å². The van der Waals surface area contributed by atoms with Crippen LogP contribution in [0.15, 0.2) is 0 Å². The fraction of sp³-hybridized carbons (Fsp3) is 0.909. The molecule has 0 aromatic carbocycles. The molecule has 0 bridgehead atoms. The number of piperazine rings is 1. The summed E-state index contributed by atoms with van der Waals surface area (Å²) in [6.45, 7) is 8.88. The van der Waals surface area contributed by atoms with Crippen molar-refractivity contribution < 1.29 is 4.79 Å². The van der Waals surface area contributed by atoms with Gasteiger partial charge >= 0.3 is 0 Å². The highest BCUT2D eigenvalue weighted by Crippen LogP contribution is 2.07. The van der Waals surface area contributed by atoms with Gasteiger partial charge in [-0.05, 0) is 12.3 Å². The molecule has 0 atom stereocenters. The Morgan fingerprint density at radius 2 is 2.13 bits per heavy atom. The van der Waals surface area contributed by atoms with Gasteiger partial charge in [-0.25, -0.2) is 0 Å². The highest BCUT2D eigenvalue weighted by atomic mass is 79.9. The Bertz CT molecular complexity index is 209. The monoisotopic (exact) mass is 276 g/mol. The van der Waals surface area contributed by atoms with Crippen molar-refractivity contribution >= 4 is 21.8 Å². The standard InChI is InChI=1S/C11H21BrN2O/c1-10(2)8-13-6-7-14(5-3-4-12)11(15)9-13/h10H,3-9H2,1-2H3. The van der Waals surface area contributed by atoms with E-state index < -0.39 is 0 Å². The summed E-state index contributed by atoms with van der Waals surface area (Å²) in [5, 5.41) is 0.979. The molecule has 1 fully saturated rings. The SMILES string of the molecule is CC(C)CN1CCN(CCCBr)C(=O)C1. The van der Waals surface area contributed by atoms with Gasteiger partial charge < -0.3 is 4.90 Å². The molecule has 1 aliphatic heterocycles. The number of amides is 1. The van der Waals surface area contributed by atoms with Crippen molar-refractivity contribution in [2.24, 2.45) is 5.92 Å². The van der Waals surface area contributed by atoms with E-state index in [2.05, 4.69) is 34.7 Å². The van der Waals surface area contributed by atoms with Crippen LogP contribution in [0, 0.1) is 5.92 Å². The summed E-state index contributed by atoms with van der Waals surface area (Å²) < 4.78 is 0. The number of nitrogens with zero attached hydrogens (tertiary/aromatic N) is 2. The molecule has 0 saturated carbocycles. The number of hydrogen-bond donors (Lipinski definition) is 0. The molecule has 0 radical (unpaired) electrons. The van der Waals surface area contributed by atoms with Gasteiger partial charge in [0.2, 0.25) is 5.91 Å². The van der Waals surface area contributed by atoms with Gasteiger partial charge in [-0.2, -0.15) is 0 Å². The Morgan fingerprint density at radius 1 is 1.40 bits per heavy atom. The zero-order valence-electron chi connectivity index (χ0n) is 9.71. The third-order valence-electron chi connectivity index (χ3n) is 2.58. The fourth-order valence-electron chi connectivity index (χ4n) is 1.92. The molecule has 0 aromatic heterocycles. The van der Waals surface area contributed by atoms with Gasteiger partial charge in [0.25, 0.3) is 0 Å². The maximum absolute atomic E-state index is 11.8. The van der Waals surface area contributed by atoms with Crippen LogP contribution in [0.3, 0.4) is 0 Å². The van der Waals surface area contributed by atoms with Gasteiger partial charge in [-0.1, -0.05) is 29.8 Å². The molecule has 1 rings (SSSR count). The predicted molar refractivity (Wildman–Crippen MR) is 66.3 cm³/mol. The number of alkyl halides is 1. The largest absolute Gasteiger partial charge is 0.340 e. The van der Waals surface area contributed by atoms with E-state index in [1.807, 2.05) is 4.90 Å². The first kappa shape index (κ1) is 13.0. The Morgan fingerprint density at radius 3 is 2.67 bits per heavy atom. The molecule has 88 valence electrons. The summed E-state index contributed by atoms with van der Waals surface area (Å²) in [7, 11) is 0. The molecular weight excluding hydrogens is 256 g/mol. The normalized spacial score (nSPS) is 18.9. The van der Waals surface area contributed by atoms with Crippen molar-refractivity contribution in [3.05, 3.63) is 0 Å². The van der Waals surface area contributed by atoms with Gasteiger partial charge in [0.1, 0.15) is 0 Å². The lowest BCUT2D eigenvalue weighted by Crippen LogP contribution is -2.51. The van der Waals surface area contributed by atoms with Crippen LogP contribution in [0.5, 0.6) is 0 Å². The maximum Gasteiger partial charge on any atom is 0.236 e. The average Bonchev–Trinajstić information content (AvgIpc) is 2.15. The van der Waals surface area contributed by atoms with Crippen molar-refractivity contribution in [3.63, 3.8) is 0 Å². The minimum absolute atomic E-state index is 0.294. The van der Waals surface area contributed by atoms with Crippen molar-refractivity contribution in [1.29, 1.82) is 0 Å². The van der Waals surface area contributed by atoms with E-state index in [1.54, 1.807) is 0 Å². The van der Waals surface area contributed by atoms with E-state index in [0.717, 1.165) is 37.9 Å². The minimum Gasteiger partial charge on any atom is -0.340 e. The second kappa shape index (κ2) is 6.48. The van der Waals surface area contributed by atoms with E-state index in [1.165, 1.54) is 0 Å². The molecule has 1 heterocycles. The summed E-state index contributed by atoms with van der Waals surface area (Å²) in [5.41, 5.74) is 0. The van der Waals surface area contributed by atoms with Crippen LogP contribution in [-0.2, 0) is 4.79 Å². The zero-order valence-corrected chi connectivity index (χ0v) is 11.3. The van der Waals surface area contributed by atoms with Crippen LogP contribution < -0.4 is 0 Å². The molecule has 0 spiro atoms. The summed E-state index contributed by atoms with van der Waals surface area (Å²) in [6.07, 6.45) is 1.05. The second-order valence-electron chi connectivity index (χ2n) is 4.55. The molecule has 1 aliphatic rings. The van der Waals surface area contributed by atoms with Crippen molar-refractivity contribution in [3.8, 4) is 0 Å². The van der Waals surface area contributed by atoms with Crippen LogP contribution in [0.25, 0.3) is 0 Å². The molecular formula is C11H21BrN2O. The molecule has 1 amide bonds. The highest BCUT2D eigenvalue weighted by Gasteiger charge is 2.23. The summed E-state index contributed by atoms with van der Waals surface area (Å²) in [5.74, 6) is 0.940. The number of carbonyl (C=O) groups is 1. The lowest BCUT2D eigenvalue weighted by Gasteiger charge is -2.35. The van der Waals surface area contributed by atoms with Gasteiger partial charge in [0, 0.05) is 31.5 Å². The third-order valence-corrected chi connectivity index (χ3v) is 3.14. The number of rotatable bonds is 5. The highest BCUT2D eigenvalue weighted by molar-refractivity contribution is 9.09. The van der Waals surface area contributed by atoms with Crippen LogP contribution in [0.2, 0.25) is 0 Å². The topological polar surface area (TPSA) is 23.6 Å². The van der Waals surface area contributed by atoms with Gasteiger partial charge in [0.15, 0.2) is 0 Å². The van der Waals surface area contributed by atoms with E-state index in [0.29, 0.717) is 18.4 Å². The molecule has 0 N–H and O–H groups in total. The molecule has 0 unspecified atom stereocenters. The summed E-state index contributed by atoms with van der Waals surface area (Å²) in [6, 6.07) is 0. The Kier molecular flexibility index (Phi) is 5.61. The molecule has 4 heteroatoms. The average molecular weight is 277 g/mol. The summed E-state index contributed by atoms with van der Waals surface area (Å²) in [4.78, 5) is 16.0. The van der Waals surface area contributed by atoms with Gasteiger partial charge in [-0.15, -0.1) is 0 Å². The fourth-order valence-corrected chi connectivity index (χ4v) is 2.17. The molecule has 3 nitrogen and oxygen atoms in total. The Labute approximate surface area is 101 Å². The van der Waals surface area contributed by atoms with Crippen LogP contribution in [-0.4, -0.2) is 53.8 Å². The summed E-state index contributed by atoms with van der Waals surface area (Å²) >= 11 is 3.39. The molecule has 0 aliphatic carbocycles. The third kappa shape index (κ3) is 4.51. The lowest BCUT2D eigenvalue weighted by atomic mass is 10.2. The molecule has 15 heavy (non-hydrogen) atoms. The van der Waals surface area contributed by atoms with Crippen LogP contribution in [0.1, 0.15) is 20.3 Å². The first-order chi connectivity index (χ1) is 7.13. The number of hydrogen-bond acceptors (Lipinski definition) is 2. The maximum atomic E-state index is 11.8. The smallest absolute Gasteiger partial charge is 0.236 e. The number of halogens is 1. The van der Waals surface area contributed by atoms with Crippen molar-refractivity contribution in [2.45, 2.75) is 20.3 Å². The second-order valence-corrected chi connectivity index (χ2v) is 5.35. The molecule has 0 aromatic rings.